The van der Waals surface area contributed by atoms with E-state index in [-0.39, 0.29) is 17.4 Å². The van der Waals surface area contributed by atoms with E-state index in [0.717, 1.165) is 10.0 Å². The molecule has 0 aliphatic carbocycles. The van der Waals surface area contributed by atoms with Gasteiger partial charge in [-0.05, 0) is 24.3 Å². The van der Waals surface area contributed by atoms with Crippen molar-refractivity contribution in [3.05, 3.63) is 46.9 Å². The summed E-state index contributed by atoms with van der Waals surface area (Å²) in [5.41, 5.74) is 1.16. The van der Waals surface area contributed by atoms with Crippen molar-refractivity contribution in [3.8, 4) is 34.3 Å². The van der Waals surface area contributed by atoms with Gasteiger partial charge in [-0.25, -0.2) is 0 Å². The molecule has 2 aromatic carbocycles. The van der Waals surface area contributed by atoms with E-state index in [1.54, 1.807) is 0 Å². The molecule has 2 N–H and O–H groups in total. The van der Waals surface area contributed by atoms with Gasteiger partial charge >= 0.3 is 0 Å². The largest absolute Gasteiger partial charge is 0.508 e. The summed E-state index contributed by atoms with van der Waals surface area (Å²) in [5.74, 6) is 0.456. The van der Waals surface area contributed by atoms with Gasteiger partial charge in [-0.2, -0.15) is 4.98 Å². The van der Waals surface area contributed by atoms with Crippen molar-refractivity contribution in [2.75, 3.05) is 0 Å². The number of halogens is 1. The number of rotatable bonds is 2. The summed E-state index contributed by atoms with van der Waals surface area (Å²) in [4.78, 5) is 4.25. The number of phenolic OH excluding ortho intramolecular Hbond substituents is 2. The van der Waals surface area contributed by atoms with Gasteiger partial charge in [-0.3, -0.25) is 0 Å². The van der Waals surface area contributed by atoms with Crippen molar-refractivity contribution in [1.29, 1.82) is 0 Å². The van der Waals surface area contributed by atoms with Gasteiger partial charge < -0.3 is 14.7 Å². The summed E-state index contributed by atoms with van der Waals surface area (Å²) in [5, 5.41) is 23.0. The smallest absolute Gasteiger partial charge is 0.262 e. The minimum atomic E-state index is -0.118. The highest BCUT2D eigenvalue weighted by atomic mass is 79.9. The summed E-state index contributed by atoms with van der Waals surface area (Å²) in [6.07, 6.45) is 0. The second kappa shape index (κ2) is 4.97. The predicted molar refractivity (Wildman–Crippen MR) is 76.2 cm³/mol. The lowest BCUT2D eigenvalue weighted by molar-refractivity contribution is 0.423. The van der Waals surface area contributed by atoms with Crippen molar-refractivity contribution in [1.82, 2.24) is 10.1 Å². The molecule has 0 unspecified atom stereocenters. The Labute approximate surface area is 122 Å². The molecule has 0 aliphatic rings. The lowest BCUT2D eigenvalue weighted by atomic mass is 10.2. The van der Waals surface area contributed by atoms with Crippen LogP contribution in [0.3, 0.4) is 0 Å². The summed E-state index contributed by atoms with van der Waals surface area (Å²) in [6.45, 7) is 0. The Morgan fingerprint density at radius 3 is 2.55 bits per heavy atom. The molecule has 3 aromatic rings. The monoisotopic (exact) mass is 332 g/mol. The first kappa shape index (κ1) is 12.7. The van der Waals surface area contributed by atoms with E-state index in [4.69, 9.17) is 4.52 Å². The molecule has 0 saturated carbocycles. The highest BCUT2D eigenvalue weighted by Crippen LogP contribution is 2.33. The summed E-state index contributed by atoms with van der Waals surface area (Å²) in [6, 6.07) is 11.7. The van der Waals surface area contributed by atoms with Crippen LogP contribution in [0.5, 0.6) is 11.5 Å². The molecule has 0 fully saturated rings. The number of hydrogen-bond donors (Lipinski definition) is 2. The van der Waals surface area contributed by atoms with Crippen molar-refractivity contribution in [3.63, 3.8) is 0 Å². The normalized spacial score (nSPS) is 10.7. The SMILES string of the molecule is Oc1ccc(-c2nc(-c3ccccc3Br)no2)c(O)c1. The van der Waals surface area contributed by atoms with Crippen LogP contribution >= 0.6 is 15.9 Å². The van der Waals surface area contributed by atoms with E-state index in [9.17, 15) is 10.2 Å². The van der Waals surface area contributed by atoms with E-state index < -0.39 is 0 Å². The average molecular weight is 333 g/mol. The van der Waals surface area contributed by atoms with Crippen LogP contribution < -0.4 is 0 Å². The highest BCUT2D eigenvalue weighted by molar-refractivity contribution is 9.10. The lowest BCUT2D eigenvalue weighted by Crippen LogP contribution is -1.83. The molecular formula is C14H9BrN2O3. The fourth-order valence-electron chi connectivity index (χ4n) is 1.79. The van der Waals surface area contributed by atoms with Crippen molar-refractivity contribution in [2.24, 2.45) is 0 Å². The Morgan fingerprint density at radius 2 is 1.80 bits per heavy atom. The second-order valence-corrected chi connectivity index (χ2v) is 4.96. The van der Waals surface area contributed by atoms with E-state index in [0.29, 0.717) is 11.4 Å². The van der Waals surface area contributed by atoms with Crippen molar-refractivity contribution in [2.45, 2.75) is 0 Å². The summed E-state index contributed by atoms with van der Waals surface area (Å²) >= 11 is 3.42. The number of aromatic hydroxyl groups is 2. The maximum Gasteiger partial charge on any atom is 0.262 e. The fourth-order valence-corrected chi connectivity index (χ4v) is 2.25. The molecule has 0 amide bonds. The minimum absolute atomic E-state index is 0.0307. The predicted octanol–water partition coefficient (Wildman–Crippen LogP) is 3.58. The quantitative estimate of drug-likeness (QED) is 0.749. The first-order chi connectivity index (χ1) is 9.65. The van der Waals surface area contributed by atoms with Crippen LogP contribution in [0.15, 0.2) is 51.5 Å². The molecule has 3 rings (SSSR count). The Hall–Kier alpha value is -2.34. The summed E-state index contributed by atoms with van der Waals surface area (Å²) in [7, 11) is 0. The number of hydrogen-bond acceptors (Lipinski definition) is 5. The van der Waals surface area contributed by atoms with Crippen LogP contribution in [0.1, 0.15) is 0 Å². The van der Waals surface area contributed by atoms with Crippen molar-refractivity contribution < 1.29 is 14.7 Å². The Balaban J connectivity index is 2.04. The third-order valence-corrected chi connectivity index (χ3v) is 3.44. The van der Waals surface area contributed by atoms with Crippen LogP contribution in [0.2, 0.25) is 0 Å². The lowest BCUT2D eigenvalue weighted by Gasteiger charge is -1.99. The van der Waals surface area contributed by atoms with Gasteiger partial charge in [0.1, 0.15) is 11.5 Å². The fraction of sp³-hybridized carbons (Fsp3) is 0. The zero-order valence-corrected chi connectivity index (χ0v) is 11.7. The molecule has 0 atom stereocenters. The van der Waals surface area contributed by atoms with E-state index in [1.807, 2.05) is 24.3 Å². The Bertz CT molecular complexity index is 771. The molecular weight excluding hydrogens is 324 g/mol. The third kappa shape index (κ3) is 2.25. The highest BCUT2D eigenvalue weighted by Gasteiger charge is 2.15. The first-order valence-electron chi connectivity index (χ1n) is 5.76. The average Bonchev–Trinajstić information content (AvgIpc) is 2.88. The number of aromatic nitrogens is 2. The minimum Gasteiger partial charge on any atom is -0.508 e. The van der Waals surface area contributed by atoms with Gasteiger partial charge in [-0.15, -0.1) is 0 Å². The molecule has 1 heterocycles. The molecule has 20 heavy (non-hydrogen) atoms. The van der Waals surface area contributed by atoms with Crippen LogP contribution in [0.4, 0.5) is 0 Å². The van der Waals surface area contributed by atoms with Gasteiger partial charge in [0.2, 0.25) is 5.82 Å². The van der Waals surface area contributed by atoms with E-state index in [1.165, 1.54) is 18.2 Å². The van der Waals surface area contributed by atoms with Crippen LogP contribution in [-0.4, -0.2) is 20.4 Å². The molecule has 100 valence electrons. The number of nitrogens with zero attached hydrogens (tertiary/aromatic N) is 2. The van der Waals surface area contributed by atoms with Gasteiger partial charge in [0.25, 0.3) is 5.89 Å². The van der Waals surface area contributed by atoms with Gasteiger partial charge in [0, 0.05) is 16.1 Å². The molecule has 0 aliphatic heterocycles. The molecule has 5 nitrogen and oxygen atoms in total. The first-order valence-corrected chi connectivity index (χ1v) is 6.55. The van der Waals surface area contributed by atoms with Gasteiger partial charge in [-0.1, -0.05) is 33.2 Å². The zero-order chi connectivity index (χ0) is 14.1. The standard InChI is InChI=1S/C14H9BrN2O3/c15-11-4-2-1-3-9(11)13-16-14(20-17-13)10-6-5-8(18)7-12(10)19/h1-7,18-19H. The molecule has 1 aromatic heterocycles. The Morgan fingerprint density at radius 1 is 1.00 bits per heavy atom. The van der Waals surface area contributed by atoms with E-state index in [2.05, 4.69) is 26.1 Å². The Kier molecular flexibility index (Phi) is 3.15. The molecule has 0 spiro atoms. The maximum atomic E-state index is 9.78. The third-order valence-electron chi connectivity index (χ3n) is 2.75. The molecule has 6 heteroatoms. The van der Waals surface area contributed by atoms with Gasteiger partial charge in [0.05, 0.1) is 5.56 Å². The molecule has 0 bridgehead atoms. The zero-order valence-electron chi connectivity index (χ0n) is 10.1. The van der Waals surface area contributed by atoms with Crippen LogP contribution in [0.25, 0.3) is 22.8 Å². The van der Waals surface area contributed by atoms with Crippen LogP contribution in [0, 0.1) is 0 Å². The number of phenols is 2. The maximum absolute atomic E-state index is 9.78. The molecule has 0 radical (unpaired) electrons. The topological polar surface area (TPSA) is 79.4 Å². The van der Waals surface area contributed by atoms with Crippen LogP contribution in [-0.2, 0) is 0 Å². The number of benzene rings is 2. The second-order valence-electron chi connectivity index (χ2n) is 4.10. The summed E-state index contributed by atoms with van der Waals surface area (Å²) < 4.78 is 6.01. The molecule has 0 saturated heterocycles. The van der Waals surface area contributed by atoms with E-state index >= 15 is 0 Å². The van der Waals surface area contributed by atoms with Gasteiger partial charge in [0.15, 0.2) is 0 Å². The van der Waals surface area contributed by atoms with Crippen molar-refractivity contribution >= 4 is 15.9 Å².